The third kappa shape index (κ3) is 39.7. The Morgan fingerprint density at radius 2 is 0.793 bits per heavy atom. The van der Waals surface area contributed by atoms with Gasteiger partial charge < -0.3 is 34.6 Å². The van der Waals surface area contributed by atoms with Gasteiger partial charge in [0, 0.05) is 12.8 Å². The number of hydrogen-bond acceptors (Lipinski definition) is 13. The Labute approximate surface area is 347 Å². The molecule has 0 heterocycles. The number of aliphatic hydroxyl groups is 3. The third-order valence-electron chi connectivity index (χ3n) is 8.67. The summed E-state index contributed by atoms with van der Waals surface area (Å²) >= 11 is 0. The van der Waals surface area contributed by atoms with Crippen molar-refractivity contribution < 1.29 is 71.4 Å². The lowest BCUT2D eigenvalue weighted by Gasteiger charge is -2.19. The zero-order valence-electron chi connectivity index (χ0n) is 35.2. The molecule has 0 bridgehead atoms. The van der Waals surface area contributed by atoms with Gasteiger partial charge in [-0.25, -0.2) is 9.13 Å². The first-order chi connectivity index (χ1) is 27.8. The van der Waals surface area contributed by atoms with E-state index in [0.717, 1.165) is 70.6 Å². The monoisotopic (exact) mass is 870 g/mol. The van der Waals surface area contributed by atoms with E-state index in [1.807, 2.05) is 18.2 Å². The van der Waals surface area contributed by atoms with E-state index in [1.54, 1.807) is 0 Å². The number of carbonyl (C=O) groups is 2. The van der Waals surface area contributed by atoms with E-state index in [-0.39, 0.29) is 12.8 Å². The van der Waals surface area contributed by atoms with E-state index in [9.17, 15) is 43.8 Å². The van der Waals surface area contributed by atoms with Crippen molar-refractivity contribution in [1.29, 1.82) is 0 Å². The molecular weight excluding hydrogens is 794 g/mol. The molecule has 5 atom stereocenters. The lowest BCUT2D eigenvalue weighted by molar-refractivity contribution is -0.148. The molecule has 0 aromatic heterocycles. The largest absolute Gasteiger partial charge is 0.472 e. The summed E-state index contributed by atoms with van der Waals surface area (Å²) in [4.78, 5) is 43.5. The van der Waals surface area contributed by atoms with Gasteiger partial charge >= 0.3 is 27.6 Å². The Balaban J connectivity index is 3.94. The molecule has 340 valence electrons. The number of allylic oxidation sites excluding steroid dienone is 6. The number of esters is 2. The van der Waals surface area contributed by atoms with Crippen molar-refractivity contribution in [2.75, 3.05) is 39.6 Å². The number of carbonyl (C=O) groups excluding carboxylic acids is 2. The van der Waals surface area contributed by atoms with Crippen molar-refractivity contribution in [2.45, 2.75) is 173 Å². The van der Waals surface area contributed by atoms with Gasteiger partial charge in [0.1, 0.15) is 31.5 Å². The molecule has 0 radical (unpaired) electrons. The third-order valence-corrected chi connectivity index (χ3v) is 10.6. The van der Waals surface area contributed by atoms with Crippen molar-refractivity contribution in [3.63, 3.8) is 0 Å². The Hall–Kier alpha value is -1.74. The minimum Gasteiger partial charge on any atom is -0.463 e. The minimum absolute atomic E-state index is 0.183. The molecule has 0 saturated heterocycles. The van der Waals surface area contributed by atoms with Crippen LogP contribution in [0.2, 0.25) is 0 Å². The van der Waals surface area contributed by atoms with E-state index in [0.29, 0.717) is 12.8 Å². The molecule has 0 aliphatic heterocycles. The van der Waals surface area contributed by atoms with Crippen LogP contribution in [0.5, 0.6) is 0 Å². The zero-order chi connectivity index (χ0) is 43.2. The predicted molar refractivity (Wildman–Crippen MR) is 224 cm³/mol. The Bertz CT molecular complexity index is 1200. The highest BCUT2D eigenvalue weighted by atomic mass is 31.2. The van der Waals surface area contributed by atoms with E-state index in [4.69, 9.17) is 9.47 Å². The second-order valence-electron chi connectivity index (χ2n) is 14.4. The quantitative estimate of drug-likeness (QED) is 0.0168. The Morgan fingerprint density at radius 1 is 0.466 bits per heavy atom. The first-order valence-corrected chi connectivity index (χ1v) is 24.4. The van der Waals surface area contributed by atoms with Gasteiger partial charge in [0.05, 0.1) is 26.4 Å². The summed E-state index contributed by atoms with van der Waals surface area (Å²) in [7, 11) is -9.56. The number of aliphatic hydroxyl groups excluding tert-OH is 3. The number of phosphoric ester groups is 2. The lowest BCUT2D eigenvalue weighted by atomic mass is 10.1. The fourth-order valence-corrected chi connectivity index (χ4v) is 6.92. The smallest absolute Gasteiger partial charge is 0.463 e. The van der Waals surface area contributed by atoms with E-state index < -0.39 is 85.5 Å². The molecule has 0 spiro atoms. The molecule has 0 saturated carbocycles. The summed E-state index contributed by atoms with van der Waals surface area (Å²) < 4.78 is 52.8. The topological polar surface area (TPSA) is 225 Å². The van der Waals surface area contributed by atoms with Crippen LogP contribution >= 0.6 is 15.6 Å². The average molecular weight is 871 g/mol. The highest BCUT2D eigenvalue weighted by Crippen LogP contribution is 2.45. The van der Waals surface area contributed by atoms with Gasteiger partial charge in [-0.3, -0.25) is 27.7 Å². The maximum absolute atomic E-state index is 12.1. The van der Waals surface area contributed by atoms with E-state index in [1.165, 1.54) is 44.9 Å². The molecule has 5 N–H and O–H groups in total. The van der Waals surface area contributed by atoms with Crippen LogP contribution in [0.1, 0.15) is 155 Å². The standard InChI is InChI=1S/C41H76O15P2/c1-3-5-7-9-11-13-15-16-17-18-20-22-24-26-28-30-41(46)52-32-38(43)34-54-58(49,50)56-36-39(44)35-55-57(47,48)53-33-37(42)31-51-40(45)29-27-25-23-21-19-14-12-10-8-6-4-2/h5,7,9,11,13,15,37-39,42-44H,3-4,6,8,10,12,14,16-36H2,1-2H3,(H,47,48)(H,49,50)/b7-5+,11-9+,15-13+. The summed E-state index contributed by atoms with van der Waals surface area (Å²) in [5, 5.41) is 29.9. The zero-order valence-corrected chi connectivity index (χ0v) is 37.0. The summed E-state index contributed by atoms with van der Waals surface area (Å²) in [6.45, 7) is 0.249. The van der Waals surface area contributed by atoms with E-state index in [2.05, 4.69) is 50.2 Å². The van der Waals surface area contributed by atoms with Gasteiger partial charge in [-0.1, -0.05) is 147 Å². The van der Waals surface area contributed by atoms with Gasteiger partial charge in [-0.05, 0) is 32.1 Å². The molecule has 58 heavy (non-hydrogen) atoms. The van der Waals surface area contributed by atoms with E-state index >= 15 is 0 Å². The molecule has 0 aromatic rings. The number of rotatable bonds is 41. The fourth-order valence-electron chi connectivity index (χ4n) is 5.33. The van der Waals surface area contributed by atoms with Crippen LogP contribution in [0.15, 0.2) is 36.5 Å². The van der Waals surface area contributed by atoms with Gasteiger partial charge in [-0.2, -0.15) is 0 Å². The molecule has 0 aliphatic carbocycles. The summed E-state index contributed by atoms with van der Waals surface area (Å²) in [5.74, 6) is -1.01. The molecule has 0 aliphatic rings. The van der Waals surface area contributed by atoms with Gasteiger partial charge in [0.2, 0.25) is 0 Å². The molecule has 5 unspecified atom stereocenters. The van der Waals surface area contributed by atoms with Crippen molar-refractivity contribution in [3.05, 3.63) is 36.5 Å². The molecule has 0 rings (SSSR count). The first-order valence-electron chi connectivity index (χ1n) is 21.4. The number of phosphoric acid groups is 2. The molecule has 0 aromatic carbocycles. The van der Waals surface area contributed by atoms with Crippen molar-refractivity contribution in [2.24, 2.45) is 0 Å². The van der Waals surface area contributed by atoms with Crippen LogP contribution in [0, 0.1) is 0 Å². The van der Waals surface area contributed by atoms with Crippen LogP contribution in [0.4, 0.5) is 0 Å². The summed E-state index contributed by atoms with van der Waals surface area (Å²) in [6.07, 6.45) is 30.0. The van der Waals surface area contributed by atoms with Crippen LogP contribution in [-0.2, 0) is 46.3 Å². The predicted octanol–water partition coefficient (Wildman–Crippen LogP) is 8.71. The van der Waals surface area contributed by atoms with Crippen molar-refractivity contribution >= 4 is 27.6 Å². The highest BCUT2D eigenvalue weighted by molar-refractivity contribution is 7.47. The second kappa shape index (κ2) is 38.2. The summed E-state index contributed by atoms with van der Waals surface area (Å²) in [5.41, 5.74) is 0. The normalized spacial score (nSPS) is 15.8. The second-order valence-corrected chi connectivity index (χ2v) is 17.3. The van der Waals surface area contributed by atoms with Gasteiger partial charge in [-0.15, -0.1) is 0 Å². The molecule has 0 amide bonds. The number of ether oxygens (including phenoxy) is 2. The van der Waals surface area contributed by atoms with Crippen LogP contribution in [0.3, 0.4) is 0 Å². The maximum Gasteiger partial charge on any atom is 0.472 e. The Morgan fingerprint density at radius 3 is 1.17 bits per heavy atom. The molecular formula is C41H76O15P2. The van der Waals surface area contributed by atoms with Crippen molar-refractivity contribution in [1.82, 2.24) is 0 Å². The SMILES string of the molecule is CC/C=C/C=C/C=C/CCCCCCCCCC(=O)OCC(O)COP(=O)(O)OCC(O)COP(=O)(O)OCC(O)COC(=O)CCCCCCCCCCCCC. The van der Waals surface area contributed by atoms with Crippen LogP contribution in [-0.4, -0.2) is 95.0 Å². The maximum atomic E-state index is 12.1. The number of unbranched alkanes of at least 4 members (excludes halogenated alkanes) is 17. The van der Waals surface area contributed by atoms with Crippen LogP contribution in [0.25, 0.3) is 0 Å². The van der Waals surface area contributed by atoms with Gasteiger partial charge in [0.15, 0.2) is 0 Å². The first kappa shape index (κ1) is 56.3. The van der Waals surface area contributed by atoms with Crippen molar-refractivity contribution in [3.8, 4) is 0 Å². The molecule has 17 heteroatoms. The summed E-state index contributed by atoms with van der Waals surface area (Å²) in [6, 6.07) is 0. The molecule has 0 fully saturated rings. The van der Waals surface area contributed by atoms with Crippen LogP contribution < -0.4 is 0 Å². The average Bonchev–Trinajstić information content (AvgIpc) is 3.19. The Kier molecular flexibility index (Phi) is 37.1. The highest BCUT2D eigenvalue weighted by Gasteiger charge is 2.28. The lowest BCUT2D eigenvalue weighted by Crippen LogP contribution is -2.25. The van der Waals surface area contributed by atoms with Gasteiger partial charge in [0.25, 0.3) is 0 Å². The minimum atomic E-state index is -4.78. The fraction of sp³-hybridized carbons (Fsp3) is 0.805. The number of hydrogen-bond donors (Lipinski definition) is 5. The molecule has 15 nitrogen and oxygen atoms in total.